The molecule has 1 saturated heterocycles. The number of nitrogens with zero attached hydrogens (tertiary/aromatic N) is 4. The summed E-state index contributed by atoms with van der Waals surface area (Å²) in [6.07, 6.45) is 5.15. The van der Waals surface area contributed by atoms with E-state index in [0.29, 0.717) is 26.1 Å². The minimum absolute atomic E-state index is 0.0372. The summed E-state index contributed by atoms with van der Waals surface area (Å²) >= 11 is 0. The second kappa shape index (κ2) is 6.61. The number of likely N-dealkylation sites (N-methyl/N-ethyl adjacent to an activating group) is 1. The van der Waals surface area contributed by atoms with Gasteiger partial charge in [0, 0.05) is 45.0 Å². The van der Waals surface area contributed by atoms with Crippen molar-refractivity contribution in [2.45, 2.75) is 45.8 Å². The zero-order valence-corrected chi connectivity index (χ0v) is 15.0. The van der Waals surface area contributed by atoms with Gasteiger partial charge in [0.05, 0.1) is 6.20 Å². The van der Waals surface area contributed by atoms with Crippen LogP contribution in [0.3, 0.4) is 0 Å². The second-order valence-corrected chi connectivity index (χ2v) is 8.12. The predicted octanol–water partition coefficient (Wildman–Crippen LogP) is 1.25. The van der Waals surface area contributed by atoms with Crippen LogP contribution in [0.4, 0.5) is 0 Å². The normalized spacial score (nSPS) is 22.9. The summed E-state index contributed by atoms with van der Waals surface area (Å²) in [7, 11) is 3.81. The van der Waals surface area contributed by atoms with E-state index in [1.165, 1.54) is 0 Å². The van der Waals surface area contributed by atoms with Crippen LogP contribution in [0, 0.1) is 5.41 Å². The first-order valence-electron chi connectivity index (χ1n) is 8.27. The molecule has 1 amide bonds. The quantitative estimate of drug-likeness (QED) is 0.886. The van der Waals surface area contributed by atoms with Gasteiger partial charge in [-0.1, -0.05) is 20.8 Å². The van der Waals surface area contributed by atoms with Crippen LogP contribution in [0.5, 0.6) is 0 Å². The van der Waals surface area contributed by atoms with Gasteiger partial charge in [0.1, 0.15) is 0 Å². The molecule has 2 heterocycles. The number of carbonyl (C=O) groups is 1. The standard InChI is InChI=1S/C17H30N4O2/c1-16(2,3)12-21-8-6-7-17(23,15(21)22)13-19(4)10-14-9-18-20(5)11-14/h9,11,23H,6-8,10,12-13H2,1-5H3. The molecule has 1 fully saturated rings. The van der Waals surface area contributed by atoms with Crippen molar-refractivity contribution in [2.24, 2.45) is 12.5 Å². The third kappa shape index (κ3) is 4.78. The molecule has 0 saturated carbocycles. The van der Waals surface area contributed by atoms with Gasteiger partial charge >= 0.3 is 0 Å². The molecule has 1 N–H and O–H groups in total. The van der Waals surface area contributed by atoms with Gasteiger partial charge in [-0.05, 0) is 25.3 Å². The average molecular weight is 322 g/mol. The maximum Gasteiger partial charge on any atom is 0.255 e. The van der Waals surface area contributed by atoms with Gasteiger partial charge in [-0.3, -0.25) is 14.4 Å². The zero-order valence-electron chi connectivity index (χ0n) is 15.0. The minimum atomic E-state index is -1.28. The number of carbonyl (C=O) groups excluding carboxylic acids is 1. The number of rotatable bonds is 5. The van der Waals surface area contributed by atoms with E-state index in [0.717, 1.165) is 18.5 Å². The topological polar surface area (TPSA) is 61.6 Å². The molecule has 0 aromatic carbocycles. The third-order valence-electron chi connectivity index (χ3n) is 4.11. The number of likely N-dealkylation sites (tertiary alicyclic amines) is 1. The number of hydrogen-bond acceptors (Lipinski definition) is 4. The van der Waals surface area contributed by atoms with Crippen molar-refractivity contribution in [3.8, 4) is 0 Å². The second-order valence-electron chi connectivity index (χ2n) is 8.12. The van der Waals surface area contributed by atoms with Crippen LogP contribution in [0.25, 0.3) is 0 Å². The lowest BCUT2D eigenvalue weighted by molar-refractivity contribution is -0.160. The van der Waals surface area contributed by atoms with E-state index in [1.54, 1.807) is 4.68 Å². The van der Waals surface area contributed by atoms with E-state index in [4.69, 9.17) is 0 Å². The molecule has 1 aromatic heterocycles. The van der Waals surface area contributed by atoms with E-state index in [1.807, 2.05) is 36.3 Å². The van der Waals surface area contributed by atoms with Crippen molar-refractivity contribution in [1.29, 1.82) is 0 Å². The summed E-state index contributed by atoms with van der Waals surface area (Å²) in [5.41, 5.74) is -0.163. The number of amides is 1. The van der Waals surface area contributed by atoms with Crippen molar-refractivity contribution in [1.82, 2.24) is 19.6 Å². The highest BCUT2D eigenvalue weighted by Crippen LogP contribution is 2.27. The molecular formula is C17H30N4O2. The fourth-order valence-corrected chi connectivity index (χ4v) is 3.30. The van der Waals surface area contributed by atoms with Crippen LogP contribution < -0.4 is 0 Å². The summed E-state index contributed by atoms with van der Waals surface area (Å²) < 4.78 is 1.76. The Morgan fingerprint density at radius 2 is 2.13 bits per heavy atom. The van der Waals surface area contributed by atoms with Gasteiger partial charge in [-0.25, -0.2) is 0 Å². The lowest BCUT2D eigenvalue weighted by atomic mass is 9.88. The number of aryl methyl sites for hydroxylation is 1. The average Bonchev–Trinajstić information content (AvgIpc) is 2.79. The molecule has 2 rings (SSSR count). The number of aromatic nitrogens is 2. The summed E-state index contributed by atoms with van der Waals surface area (Å²) in [5, 5.41) is 15.1. The first kappa shape index (κ1) is 17.9. The first-order chi connectivity index (χ1) is 10.6. The van der Waals surface area contributed by atoms with Gasteiger partial charge in [0.15, 0.2) is 5.60 Å². The Balaban J connectivity index is 2.00. The molecule has 1 atom stereocenters. The van der Waals surface area contributed by atoms with Crippen LogP contribution in [0.2, 0.25) is 0 Å². The highest BCUT2D eigenvalue weighted by Gasteiger charge is 2.43. The molecule has 23 heavy (non-hydrogen) atoms. The number of hydrogen-bond donors (Lipinski definition) is 1. The highest BCUT2D eigenvalue weighted by atomic mass is 16.3. The molecule has 1 aliphatic heterocycles. The SMILES string of the molecule is CN(Cc1cnn(C)c1)CC1(O)CCCN(CC(C)(C)C)C1=O. The highest BCUT2D eigenvalue weighted by molar-refractivity contribution is 5.86. The van der Waals surface area contributed by atoms with Crippen molar-refractivity contribution in [2.75, 3.05) is 26.7 Å². The zero-order chi connectivity index (χ0) is 17.3. The largest absolute Gasteiger partial charge is 0.379 e. The molecule has 1 unspecified atom stereocenters. The van der Waals surface area contributed by atoms with Crippen molar-refractivity contribution >= 4 is 5.91 Å². The molecule has 0 bridgehead atoms. The van der Waals surface area contributed by atoms with E-state index >= 15 is 0 Å². The van der Waals surface area contributed by atoms with Crippen molar-refractivity contribution in [3.05, 3.63) is 18.0 Å². The monoisotopic (exact) mass is 322 g/mol. The van der Waals surface area contributed by atoms with Gasteiger partial charge in [0.2, 0.25) is 0 Å². The van der Waals surface area contributed by atoms with Crippen LogP contribution in [-0.2, 0) is 18.4 Å². The first-order valence-corrected chi connectivity index (χ1v) is 8.27. The van der Waals surface area contributed by atoms with Crippen LogP contribution in [0.1, 0.15) is 39.2 Å². The van der Waals surface area contributed by atoms with Crippen molar-refractivity contribution in [3.63, 3.8) is 0 Å². The Morgan fingerprint density at radius 3 is 2.70 bits per heavy atom. The molecular weight excluding hydrogens is 292 g/mol. The third-order valence-corrected chi connectivity index (χ3v) is 4.11. The molecule has 1 aromatic rings. The van der Waals surface area contributed by atoms with Gasteiger partial charge < -0.3 is 10.0 Å². The maximum absolute atomic E-state index is 12.7. The Labute approximate surface area is 139 Å². The molecule has 130 valence electrons. The van der Waals surface area contributed by atoms with E-state index in [-0.39, 0.29) is 11.3 Å². The number of piperidine rings is 1. The van der Waals surface area contributed by atoms with Gasteiger partial charge in [-0.2, -0.15) is 5.10 Å². The Morgan fingerprint density at radius 1 is 1.43 bits per heavy atom. The Bertz CT molecular complexity index is 549. The molecule has 6 heteroatoms. The molecule has 6 nitrogen and oxygen atoms in total. The summed E-state index contributed by atoms with van der Waals surface area (Å²) in [5.74, 6) is -0.128. The fraction of sp³-hybridized carbons (Fsp3) is 0.765. The van der Waals surface area contributed by atoms with E-state index in [9.17, 15) is 9.90 Å². The summed E-state index contributed by atoms with van der Waals surface area (Å²) in [6, 6.07) is 0. The molecule has 0 aliphatic carbocycles. The maximum atomic E-state index is 12.7. The van der Waals surface area contributed by atoms with Crippen LogP contribution in [-0.4, -0.2) is 62.9 Å². The Kier molecular flexibility index (Phi) is 5.16. The van der Waals surface area contributed by atoms with Crippen LogP contribution >= 0.6 is 0 Å². The number of aliphatic hydroxyl groups is 1. The van der Waals surface area contributed by atoms with Crippen molar-refractivity contribution < 1.29 is 9.90 Å². The minimum Gasteiger partial charge on any atom is -0.379 e. The van der Waals surface area contributed by atoms with Gasteiger partial charge in [-0.15, -0.1) is 0 Å². The lowest BCUT2D eigenvalue weighted by Gasteiger charge is -2.42. The molecule has 1 aliphatic rings. The van der Waals surface area contributed by atoms with Gasteiger partial charge in [0.25, 0.3) is 5.91 Å². The van der Waals surface area contributed by atoms with Crippen LogP contribution in [0.15, 0.2) is 12.4 Å². The summed E-state index contributed by atoms with van der Waals surface area (Å²) in [4.78, 5) is 16.6. The van der Waals surface area contributed by atoms with E-state index in [2.05, 4.69) is 25.9 Å². The fourth-order valence-electron chi connectivity index (χ4n) is 3.30. The smallest absolute Gasteiger partial charge is 0.255 e. The Hall–Kier alpha value is -1.40. The lowest BCUT2D eigenvalue weighted by Crippen LogP contribution is -2.59. The molecule has 0 radical (unpaired) electrons. The van der Waals surface area contributed by atoms with E-state index < -0.39 is 5.60 Å². The predicted molar refractivity (Wildman–Crippen MR) is 89.8 cm³/mol. The summed E-state index contributed by atoms with van der Waals surface area (Å²) in [6.45, 7) is 8.78. The molecule has 0 spiro atoms.